The van der Waals surface area contributed by atoms with Gasteiger partial charge in [-0.25, -0.2) is 4.68 Å². The fourth-order valence-electron chi connectivity index (χ4n) is 2.08. The van der Waals surface area contributed by atoms with Gasteiger partial charge < -0.3 is 5.32 Å². The molecule has 1 aliphatic rings. The summed E-state index contributed by atoms with van der Waals surface area (Å²) in [4.78, 5) is 2.40. The molecule has 1 aromatic heterocycles. The topological polar surface area (TPSA) is 58.9 Å². The lowest BCUT2D eigenvalue weighted by molar-refractivity contribution is 0.192. The summed E-state index contributed by atoms with van der Waals surface area (Å²) in [5.74, 6) is 0.982. The van der Waals surface area contributed by atoms with Crippen LogP contribution in [0, 0.1) is 0 Å². The van der Waals surface area contributed by atoms with Crippen molar-refractivity contribution in [1.29, 1.82) is 0 Å². The van der Waals surface area contributed by atoms with E-state index >= 15 is 0 Å². The van der Waals surface area contributed by atoms with E-state index < -0.39 is 0 Å². The maximum Gasteiger partial charge on any atom is 0.165 e. The lowest BCUT2D eigenvalue weighted by atomic mass is 10.2. The van der Waals surface area contributed by atoms with Crippen LogP contribution in [0.5, 0.6) is 0 Å². The van der Waals surface area contributed by atoms with Crippen LogP contribution in [-0.4, -0.2) is 50.8 Å². The molecule has 0 aliphatic carbocycles. The molecule has 0 radical (unpaired) electrons. The molecular weight excluding hydrogens is 204 g/mol. The summed E-state index contributed by atoms with van der Waals surface area (Å²) in [6.07, 6.45) is 1.07. The van der Waals surface area contributed by atoms with E-state index in [2.05, 4.69) is 39.6 Å². The fourth-order valence-corrected chi connectivity index (χ4v) is 2.08. The van der Waals surface area contributed by atoms with Gasteiger partial charge in [0.2, 0.25) is 0 Å². The number of nitrogens with one attached hydrogen (secondary N) is 1. The van der Waals surface area contributed by atoms with Crippen LogP contribution < -0.4 is 5.32 Å². The standard InChI is InChI=1S/C10H20N6/c1-3-5-16-10(12-13-14-16)8-15-6-4-11-9(2)7-15/h9,11H,3-8H2,1-2H3/t9-/m0/s1. The van der Waals surface area contributed by atoms with E-state index in [0.29, 0.717) is 6.04 Å². The number of aromatic nitrogens is 4. The molecule has 1 atom stereocenters. The van der Waals surface area contributed by atoms with Crippen LogP contribution in [0.3, 0.4) is 0 Å². The highest BCUT2D eigenvalue weighted by Crippen LogP contribution is 2.04. The van der Waals surface area contributed by atoms with Gasteiger partial charge >= 0.3 is 0 Å². The first-order valence-corrected chi connectivity index (χ1v) is 6.00. The Labute approximate surface area is 96.0 Å². The van der Waals surface area contributed by atoms with Crippen molar-refractivity contribution < 1.29 is 0 Å². The molecule has 0 aromatic carbocycles. The molecule has 6 heteroatoms. The summed E-state index contributed by atoms with van der Waals surface area (Å²) in [5, 5.41) is 15.3. The van der Waals surface area contributed by atoms with Crippen molar-refractivity contribution in [2.45, 2.75) is 39.4 Å². The van der Waals surface area contributed by atoms with Crippen molar-refractivity contribution >= 4 is 0 Å². The quantitative estimate of drug-likeness (QED) is 0.772. The Bertz CT molecular complexity index is 323. The van der Waals surface area contributed by atoms with E-state index in [1.807, 2.05) is 4.68 Å². The molecule has 6 nitrogen and oxygen atoms in total. The molecule has 16 heavy (non-hydrogen) atoms. The first kappa shape index (κ1) is 11.5. The molecule has 2 heterocycles. The number of piperazine rings is 1. The minimum atomic E-state index is 0.559. The van der Waals surface area contributed by atoms with E-state index in [1.54, 1.807) is 0 Å². The van der Waals surface area contributed by atoms with Gasteiger partial charge in [0.15, 0.2) is 5.82 Å². The molecule has 90 valence electrons. The second kappa shape index (κ2) is 5.36. The van der Waals surface area contributed by atoms with E-state index in [9.17, 15) is 0 Å². The van der Waals surface area contributed by atoms with Gasteiger partial charge in [-0.15, -0.1) is 5.10 Å². The Kier molecular flexibility index (Phi) is 3.84. The predicted octanol–water partition coefficient (Wildman–Crippen LogP) is -0.123. The highest BCUT2D eigenvalue weighted by Gasteiger charge is 2.17. The maximum atomic E-state index is 4.09. The van der Waals surface area contributed by atoms with Crippen LogP contribution in [0.1, 0.15) is 26.1 Å². The number of hydrogen-bond donors (Lipinski definition) is 1. The molecule has 0 spiro atoms. The Morgan fingerprint density at radius 3 is 3.12 bits per heavy atom. The summed E-state index contributed by atoms with van der Waals surface area (Å²) in [6.45, 7) is 9.31. The van der Waals surface area contributed by atoms with Crippen molar-refractivity contribution in [2.75, 3.05) is 19.6 Å². The van der Waals surface area contributed by atoms with Gasteiger partial charge in [-0.2, -0.15) is 0 Å². The Balaban J connectivity index is 1.94. The Morgan fingerprint density at radius 1 is 1.50 bits per heavy atom. The van der Waals surface area contributed by atoms with Crippen LogP contribution >= 0.6 is 0 Å². The van der Waals surface area contributed by atoms with Crippen LogP contribution in [0.15, 0.2) is 0 Å². The number of nitrogens with zero attached hydrogens (tertiary/aromatic N) is 5. The third-order valence-electron chi connectivity index (χ3n) is 2.86. The lowest BCUT2D eigenvalue weighted by Gasteiger charge is -2.31. The summed E-state index contributed by atoms with van der Waals surface area (Å²) < 4.78 is 1.91. The van der Waals surface area contributed by atoms with E-state index in [1.165, 1.54) is 0 Å². The molecule has 2 rings (SSSR count). The molecule has 0 amide bonds. The van der Waals surface area contributed by atoms with Crippen LogP contribution in [0.2, 0.25) is 0 Å². The van der Waals surface area contributed by atoms with Gasteiger partial charge in [0.1, 0.15) is 0 Å². The highest BCUT2D eigenvalue weighted by atomic mass is 15.5. The van der Waals surface area contributed by atoms with E-state index in [4.69, 9.17) is 0 Å². The largest absolute Gasteiger partial charge is 0.312 e. The van der Waals surface area contributed by atoms with Gasteiger partial charge in [0.25, 0.3) is 0 Å². The molecule has 1 fully saturated rings. The maximum absolute atomic E-state index is 4.09. The minimum absolute atomic E-state index is 0.559. The zero-order valence-electron chi connectivity index (χ0n) is 10.1. The normalized spacial score (nSPS) is 22.5. The van der Waals surface area contributed by atoms with Crippen molar-refractivity contribution in [2.24, 2.45) is 0 Å². The van der Waals surface area contributed by atoms with E-state index in [-0.39, 0.29) is 0 Å². The Morgan fingerprint density at radius 2 is 2.38 bits per heavy atom. The van der Waals surface area contributed by atoms with Crippen molar-refractivity contribution in [3.63, 3.8) is 0 Å². The predicted molar refractivity (Wildman–Crippen MR) is 60.8 cm³/mol. The molecule has 0 bridgehead atoms. The number of rotatable bonds is 4. The second-order valence-electron chi connectivity index (χ2n) is 4.41. The van der Waals surface area contributed by atoms with Crippen molar-refractivity contribution in [1.82, 2.24) is 30.4 Å². The van der Waals surface area contributed by atoms with Gasteiger partial charge in [-0.05, 0) is 23.8 Å². The number of tetrazole rings is 1. The zero-order chi connectivity index (χ0) is 11.4. The van der Waals surface area contributed by atoms with E-state index in [0.717, 1.165) is 45.0 Å². The molecule has 1 N–H and O–H groups in total. The molecule has 1 aliphatic heterocycles. The number of aryl methyl sites for hydroxylation is 1. The third kappa shape index (κ3) is 2.76. The average molecular weight is 224 g/mol. The first-order chi connectivity index (χ1) is 7.79. The first-order valence-electron chi connectivity index (χ1n) is 6.00. The molecule has 0 saturated carbocycles. The highest BCUT2D eigenvalue weighted by molar-refractivity contribution is 4.84. The smallest absolute Gasteiger partial charge is 0.165 e. The third-order valence-corrected chi connectivity index (χ3v) is 2.86. The lowest BCUT2D eigenvalue weighted by Crippen LogP contribution is -2.48. The second-order valence-corrected chi connectivity index (χ2v) is 4.41. The fraction of sp³-hybridized carbons (Fsp3) is 0.900. The van der Waals surface area contributed by atoms with Gasteiger partial charge in [-0.1, -0.05) is 6.92 Å². The van der Waals surface area contributed by atoms with Crippen LogP contribution in [0.4, 0.5) is 0 Å². The average Bonchev–Trinajstić information content (AvgIpc) is 2.66. The summed E-state index contributed by atoms with van der Waals surface area (Å²) in [6, 6.07) is 0.559. The van der Waals surface area contributed by atoms with Crippen LogP contribution in [-0.2, 0) is 13.1 Å². The summed E-state index contributed by atoms with van der Waals surface area (Å²) >= 11 is 0. The SMILES string of the molecule is CCCn1nnnc1CN1CCN[C@@H](C)C1. The van der Waals surface area contributed by atoms with Crippen molar-refractivity contribution in [3.05, 3.63) is 5.82 Å². The number of hydrogen-bond acceptors (Lipinski definition) is 5. The van der Waals surface area contributed by atoms with Crippen molar-refractivity contribution in [3.8, 4) is 0 Å². The zero-order valence-corrected chi connectivity index (χ0v) is 10.1. The van der Waals surface area contributed by atoms with Gasteiger partial charge in [0, 0.05) is 32.2 Å². The molecule has 1 aromatic rings. The monoisotopic (exact) mass is 224 g/mol. The molecular formula is C10H20N6. The van der Waals surface area contributed by atoms with Gasteiger partial charge in [-0.3, -0.25) is 4.90 Å². The summed E-state index contributed by atoms with van der Waals surface area (Å²) in [5.41, 5.74) is 0. The Hall–Kier alpha value is -1.01. The minimum Gasteiger partial charge on any atom is -0.312 e. The molecule has 1 saturated heterocycles. The summed E-state index contributed by atoms with van der Waals surface area (Å²) in [7, 11) is 0. The molecule has 0 unspecified atom stereocenters. The van der Waals surface area contributed by atoms with Gasteiger partial charge in [0.05, 0.1) is 6.54 Å². The van der Waals surface area contributed by atoms with Crippen LogP contribution in [0.25, 0.3) is 0 Å².